The van der Waals surface area contributed by atoms with Crippen molar-refractivity contribution >= 4 is 11.7 Å². The predicted molar refractivity (Wildman–Crippen MR) is 86.6 cm³/mol. The molecule has 3 N–H and O–H groups in total. The quantitative estimate of drug-likeness (QED) is 0.743. The first kappa shape index (κ1) is 15.7. The minimum atomic E-state index is -0.340. The van der Waals surface area contributed by atoms with E-state index >= 15 is 0 Å². The first-order valence-electron chi connectivity index (χ1n) is 7.06. The van der Waals surface area contributed by atoms with Crippen LogP contribution < -0.4 is 15.4 Å². The van der Waals surface area contributed by atoms with Crippen LogP contribution in [0.2, 0.25) is 0 Å². The molecule has 0 aromatic heterocycles. The zero-order chi connectivity index (χ0) is 15.9. The van der Waals surface area contributed by atoms with Gasteiger partial charge in [0.05, 0.1) is 12.8 Å². The molecule has 0 fully saturated rings. The zero-order valence-corrected chi connectivity index (χ0v) is 12.7. The van der Waals surface area contributed by atoms with Gasteiger partial charge in [0, 0.05) is 6.54 Å². The number of hydrogen-bond acceptors (Lipinski definition) is 3. The Kier molecular flexibility index (Phi) is 5.25. The standard InChI is InChI=1S/C17H20N2O3/c1-12-3-8-15(16(20)11-12)19-17(21)18-10-9-13-4-6-14(22-2)7-5-13/h3-8,11,20H,9-10H2,1-2H3,(H2,18,19,21). The highest BCUT2D eigenvalue weighted by Crippen LogP contribution is 2.23. The van der Waals surface area contributed by atoms with Crippen molar-refractivity contribution in [3.05, 3.63) is 53.6 Å². The summed E-state index contributed by atoms with van der Waals surface area (Å²) < 4.78 is 5.09. The van der Waals surface area contributed by atoms with Crippen LogP contribution in [0.1, 0.15) is 11.1 Å². The summed E-state index contributed by atoms with van der Waals surface area (Å²) in [7, 11) is 1.63. The van der Waals surface area contributed by atoms with E-state index in [1.165, 1.54) is 0 Å². The number of anilines is 1. The molecule has 116 valence electrons. The molecule has 0 saturated carbocycles. The van der Waals surface area contributed by atoms with E-state index in [0.29, 0.717) is 12.2 Å². The second kappa shape index (κ2) is 7.36. The lowest BCUT2D eigenvalue weighted by atomic mass is 10.1. The fourth-order valence-corrected chi connectivity index (χ4v) is 2.03. The van der Waals surface area contributed by atoms with Crippen LogP contribution in [0.25, 0.3) is 0 Å². The second-order valence-electron chi connectivity index (χ2n) is 5.00. The average Bonchev–Trinajstić information content (AvgIpc) is 2.51. The summed E-state index contributed by atoms with van der Waals surface area (Å²) in [6, 6.07) is 12.5. The lowest BCUT2D eigenvalue weighted by Gasteiger charge is -2.09. The topological polar surface area (TPSA) is 70.6 Å². The molecule has 0 aliphatic carbocycles. The van der Waals surface area contributed by atoms with Crippen LogP contribution in [0.3, 0.4) is 0 Å². The van der Waals surface area contributed by atoms with Gasteiger partial charge in [-0.15, -0.1) is 0 Å². The van der Waals surface area contributed by atoms with Crippen LogP contribution in [-0.2, 0) is 6.42 Å². The molecule has 0 bridgehead atoms. The smallest absolute Gasteiger partial charge is 0.319 e. The maximum Gasteiger partial charge on any atom is 0.319 e. The Labute approximate surface area is 129 Å². The van der Waals surface area contributed by atoms with E-state index in [4.69, 9.17) is 4.74 Å². The lowest BCUT2D eigenvalue weighted by molar-refractivity contribution is 0.252. The van der Waals surface area contributed by atoms with Crippen LogP contribution in [0, 0.1) is 6.92 Å². The maximum absolute atomic E-state index is 11.8. The van der Waals surface area contributed by atoms with Gasteiger partial charge in [-0.2, -0.15) is 0 Å². The monoisotopic (exact) mass is 300 g/mol. The molecule has 2 rings (SSSR count). The van der Waals surface area contributed by atoms with E-state index in [-0.39, 0.29) is 11.8 Å². The Balaban J connectivity index is 1.79. The van der Waals surface area contributed by atoms with Crippen molar-refractivity contribution in [3.8, 4) is 11.5 Å². The Morgan fingerprint density at radius 1 is 1.18 bits per heavy atom. The molecule has 2 amide bonds. The van der Waals surface area contributed by atoms with E-state index in [0.717, 1.165) is 23.3 Å². The minimum absolute atomic E-state index is 0.0605. The molecule has 0 atom stereocenters. The van der Waals surface area contributed by atoms with E-state index in [9.17, 15) is 9.90 Å². The number of methoxy groups -OCH3 is 1. The lowest BCUT2D eigenvalue weighted by Crippen LogP contribution is -2.30. The van der Waals surface area contributed by atoms with E-state index in [2.05, 4.69) is 10.6 Å². The summed E-state index contributed by atoms with van der Waals surface area (Å²) in [6.45, 7) is 2.38. The molecule has 0 radical (unpaired) electrons. The second-order valence-corrected chi connectivity index (χ2v) is 5.00. The van der Waals surface area contributed by atoms with Crippen molar-refractivity contribution < 1.29 is 14.6 Å². The van der Waals surface area contributed by atoms with Crippen molar-refractivity contribution in [2.45, 2.75) is 13.3 Å². The largest absolute Gasteiger partial charge is 0.506 e. The molecule has 0 spiro atoms. The summed E-state index contributed by atoms with van der Waals surface area (Å²) in [5, 5.41) is 15.1. The maximum atomic E-state index is 11.8. The Hall–Kier alpha value is -2.69. The number of aryl methyl sites for hydroxylation is 1. The first-order valence-corrected chi connectivity index (χ1v) is 7.06. The van der Waals surface area contributed by atoms with Crippen LogP contribution in [0.4, 0.5) is 10.5 Å². The molecule has 0 unspecified atom stereocenters. The van der Waals surface area contributed by atoms with Gasteiger partial charge in [0.15, 0.2) is 0 Å². The number of ether oxygens (including phenoxy) is 1. The number of phenols is 1. The normalized spacial score (nSPS) is 10.1. The highest BCUT2D eigenvalue weighted by atomic mass is 16.5. The van der Waals surface area contributed by atoms with Crippen LogP contribution in [0.15, 0.2) is 42.5 Å². The van der Waals surface area contributed by atoms with Crippen LogP contribution >= 0.6 is 0 Å². The number of amides is 2. The van der Waals surface area contributed by atoms with Gasteiger partial charge in [-0.25, -0.2) is 4.79 Å². The molecule has 2 aromatic carbocycles. The number of aromatic hydroxyl groups is 1. The molecule has 2 aromatic rings. The Bertz CT molecular complexity index is 639. The SMILES string of the molecule is COc1ccc(CCNC(=O)Nc2ccc(C)cc2O)cc1. The summed E-state index contributed by atoms with van der Waals surface area (Å²) in [6.07, 6.45) is 0.720. The molecular weight excluding hydrogens is 280 g/mol. The highest BCUT2D eigenvalue weighted by Gasteiger charge is 2.05. The number of carbonyl (C=O) groups excluding carboxylic acids is 1. The molecule has 0 aliphatic rings. The number of rotatable bonds is 5. The molecule has 0 heterocycles. The number of benzene rings is 2. The van der Waals surface area contributed by atoms with Gasteiger partial charge >= 0.3 is 6.03 Å². The fourth-order valence-electron chi connectivity index (χ4n) is 2.03. The van der Waals surface area contributed by atoms with E-state index in [1.54, 1.807) is 19.2 Å². The number of carbonyl (C=O) groups is 1. The molecule has 5 nitrogen and oxygen atoms in total. The Morgan fingerprint density at radius 3 is 2.55 bits per heavy atom. The number of hydrogen-bond donors (Lipinski definition) is 3. The summed E-state index contributed by atoms with van der Waals surface area (Å²) >= 11 is 0. The van der Waals surface area contributed by atoms with Crippen molar-refractivity contribution in [2.75, 3.05) is 19.0 Å². The summed E-state index contributed by atoms with van der Waals surface area (Å²) in [5.41, 5.74) is 2.44. The molecule has 0 saturated heterocycles. The van der Waals surface area contributed by atoms with Crippen LogP contribution in [0.5, 0.6) is 11.5 Å². The first-order chi connectivity index (χ1) is 10.6. The van der Waals surface area contributed by atoms with Crippen molar-refractivity contribution in [2.24, 2.45) is 0 Å². The molecular formula is C17H20N2O3. The third kappa shape index (κ3) is 4.41. The number of urea groups is 1. The third-order valence-corrected chi connectivity index (χ3v) is 3.26. The van der Waals surface area contributed by atoms with Gasteiger partial charge in [-0.3, -0.25) is 0 Å². The van der Waals surface area contributed by atoms with Gasteiger partial charge in [-0.1, -0.05) is 18.2 Å². The third-order valence-electron chi connectivity index (χ3n) is 3.26. The van der Waals surface area contributed by atoms with Crippen molar-refractivity contribution in [1.29, 1.82) is 0 Å². The van der Waals surface area contributed by atoms with Gasteiger partial charge in [0.1, 0.15) is 11.5 Å². The highest BCUT2D eigenvalue weighted by molar-refractivity contribution is 5.90. The fraction of sp³-hybridized carbons (Fsp3) is 0.235. The van der Waals surface area contributed by atoms with Gasteiger partial charge in [-0.05, 0) is 48.7 Å². The number of nitrogens with one attached hydrogen (secondary N) is 2. The molecule has 22 heavy (non-hydrogen) atoms. The summed E-state index contributed by atoms with van der Waals surface area (Å²) in [5.74, 6) is 0.870. The number of phenolic OH excluding ortho intramolecular Hbond substituents is 1. The molecule has 5 heteroatoms. The predicted octanol–water partition coefficient (Wildman–Crippen LogP) is 3.07. The van der Waals surface area contributed by atoms with Gasteiger partial charge in [0.25, 0.3) is 0 Å². The average molecular weight is 300 g/mol. The molecule has 0 aliphatic heterocycles. The van der Waals surface area contributed by atoms with Crippen molar-refractivity contribution in [1.82, 2.24) is 5.32 Å². The van der Waals surface area contributed by atoms with Gasteiger partial charge < -0.3 is 20.5 Å². The Morgan fingerprint density at radius 2 is 1.91 bits per heavy atom. The van der Waals surface area contributed by atoms with Crippen molar-refractivity contribution in [3.63, 3.8) is 0 Å². The minimum Gasteiger partial charge on any atom is -0.506 e. The zero-order valence-electron chi connectivity index (χ0n) is 12.7. The summed E-state index contributed by atoms with van der Waals surface area (Å²) in [4.78, 5) is 11.8. The van der Waals surface area contributed by atoms with Crippen LogP contribution in [-0.4, -0.2) is 24.8 Å². The van der Waals surface area contributed by atoms with E-state index < -0.39 is 0 Å². The van der Waals surface area contributed by atoms with E-state index in [1.807, 2.05) is 37.3 Å². The van der Waals surface area contributed by atoms with Gasteiger partial charge in [0.2, 0.25) is 0 Å².